The number of methoxy groups -OCH3 is 1. The molecular weight excluding hydrogens is 352 g/mol. The van der Waals surface area contributed by atoms with Gasteiger partial charge in [-0.05, 0) is 43.6 Å². The van der Waals surface area contributed by atoms with E-state index in [0.717, 1.165) is 18.8 Å². The van der Waals surface area contributed by atoms with Crippen molar-refractivity contribution >= 4 is 15.8 Å². The predicted octanol–water partition coefficient (Wildman–Crippen LogP) is 1.04. The zero-order chi connectivity index (χ0) is 19.0. The Hall–Kier alpha value is -1.80. The minimum absolute atomic E-state index is 0.0825. The number of ether oxygens (including phenoxy) is 1. The Kier molecular flexibility index (Phi) is 7.71. The standard InChI is InChI=1S/C18H30N4O3S/c1-19-18(20-9-12-26(3,23)24)21-14-17(22-10-4-5-11-22)15-7-6-8-16(13-15)25-2/h6-8,13,17H,4-5,9-12,14H2,1-3H3,(H2,19,20,21). The highest BCUT2D eigenvalue weighted by Crippen LogP contribution is 2.27. The van der Waals surface area contributed by atoms with Gasteiger partial charge in [-0.3, -0.25) is 9.89 Å². The van der Waals surface area contributed by atoms with Crippen LogP contribution in [0.2, 0.25) is 0 Å². The van der Waals surface area contributed by atoms with Gasteiger partial charge in [0.25, 0.3) is 0 Å². The first-order chi connectivity index (χ1) is 12.4. The lowest BCUT2D eigenvalue weighted by molar-refractivity contribution is 0.245. The van der Waals surface area contributed by atoms with E-state index in [9.17, 15) is 8.42 Å². The fourth-order valence-electron chi connectivity index (χ4n) is 3.13. The number of nitrogens with zero attached hydrogens (tertiary/aromatic N) is 2. The number of aliphatic imine (C=N–C) groups is 1. The van der Waals surface area contributed by atoms with Gasteiger partial charge in [-0.15, -0.1) is 0 Å². The third kappa shape index (κ3) is 6.49. The number of likely N-dealkylation sites (tertiary alicyclic amines) is 1. The Balaban J connectivity index is 2.01. The molecule has 1 heterocycles. The maximum Gasteiger partial charge on any atom is 0.191 e. The van der Waals surface area contributed by atoms with Crippen LogP contribution in [0.15, 0.2) is 29.3 Å². The molecule has 1 fully saturated rings. The van der Waals surface area contributed by atoms with Crippen LogP contribution >= 0.6 is 0 Å². The lowest BCUT2D eigenvalue weighted by Gasteiger charge is -2.29. The fourth-order valence-corrected chi connectivity index (χ4v) is 3.60. The average molecular weight is 383 g/mol. The Morgan fingerprint density at radius 2 is 2.04 bits per heavy atom. The molecule has 26 heavy (non-hydrogen) atoms. The molecule has 0 spiro atoms. The van der Waals surface area contributed by atoms with Crippen molar-refractivity contribution in [1.82, 2.24) is 15.5 Å². The van der Waals surface area contributed by atoms with Crippen LogP contribution in [0.25, 0.3) is 0 Å². The smallest absolute Gasteiger partial charge is 0.191 e. The normalized spacial score (nSPS) is 17.1. The van der Waals surface area contributed by atoms with Crippen molar-refractivity contribution in [3.63, 3.8) is 0 Å². The number of benzene rings is 1. The molecule has 2 rings (SSSR count). The lowest BCUT2D eigenvalue weighted by atomic mass is 10.1. The van der Waals surface area contributed by atoms with E-state index in [0.29, 0.717) is 19.0 Å². The van der Waals surface area contributed by atoms with Crippen LogP contribution in [0, 0.1) is 0 Å². The molecule has 0 aliphatic carbocycles. The highest BCUT2D eigenvalue weighted by Gasteiger charge is 2.24. The number of rotatable bonds is 8. The van der Waals surface area contributed by atoms with E-state index in [2.05, 4.69) is 32.7 Å². The maximum atomic E-state index is 11.3. The van der Waals surface area contributed by atoms with Gasteiger partial charge in [-0.2, -0.15) is 0 Å². The van der Waals surface area contributed by atoms with E-state index < -0.39 is 9.84 Å². The van der Waals surface area contributed by atoms with Gasteiger partial charge >= 0.3 is 0 Å². The van der Waals surface area contributed by atoms with Crippen molar-refractivity contribution in [3.8, 4) is 5.75 Å². The summed E-state index contributed by atoms with van der Waals surface area (Å²) in [4.78, 5) is 6.65. The molecule has 1 atom stereocenters. The second kappa shape index (κ2) is 9.78. The molecule has 0 aromatic heterocycles. The predicted molar refractivity (Wildman–Crippen MR) is 106 cm³/mol. The average Bonchev–Trinajstić information content (AvgIpc) is 3.14. The van der Waals surface area contributed by atoms with Crippen LogP contribution < -0.4 is 15.4 Å². The Morgan fingerprint density at radius 1 is 1.31 bits per heavy atom. The molecule has 1 aromatic rings. The summed E-state index contributed by atoms with van der Waals surface area (Å²) in [6, 6.07) is 8.36. The quantitative estimate of drug-likeness (QED) is 0.516. The number of hydrogen-bond acceptors (Lipinski definition) is 5. The number of guanidine groups is 1. The van der Waals surface area contributed by atoms with Crippen LogP contribution in [0.4, 0.5) is 0 Å². The van der Waals surface area contributed by atoms with E-state index in [1.165, 1.54) is 24.7 Å². The molecule has 0 bridgehead atoms. The van der Waals surface area contributed by atoms with Crippen molar-refractivity contribution < 1.29 is 13.2 Å². The minimum Gasteiger partial charge on any atom is -0.497 e. The first-order valence-corrected chi connectivity index (χ1v) is 11.0. The topological polar surface area (TPSA) is 83.0 Å². The van der Waals surface area contributed by atoms with Crippen molar-refractivity contribution in [1.29, 1.82) is 0 Å². The number of nitrogens with one attached hydrogen (secondary N) is 2. The van der Waals surface area contributed by atoms with E-state index in [4.69, 9.17) is 4.74 Å². The summed E-state index contributed by atoms with van der Waals surface area (Å²) in [7, 11) is 0.373. The zero-order valence-electron chi connectivity index (χ0n) is 15.9. The molecule has 146 valence electrons. The monoisotopic (exact) mass is 382 g/mol. The van der Waals surface area contributed by atoms with Gasteiger partial charge in [0.1, 0.15) is 15.6 Å². The molecule has 1 aliphatic heterocycles. The molecule has 8 heteroatoms. The van der Waals surface area contributed by atoms with Crippen molar-refractivity contribution in [2.45, 2.75) is 18.9 Å². The van der Waals surface area contributed by atoms with Crippen LogP contribution in [0.1, 0.15) is 24.4 Å². The third-order valence-corrected chi connectivity index (χ3v) is 5.46. The molecule has 0 saturated carbocycles. The molecule has 7 nitrogen and oxygen atoms in total. The summed E-state index contributed by atoms with van der Waals surface area (Å²) in [6.07, 6.45) is 3.65. The molecular formula is C18H30N4O3S. The third-order valence-electron chi connectivity index (χ3n) is 4.51. The van der Waals surface area contributed by atoms with Gasteiger partial charge in [-0.25, -0.2) is 8.42 Å². The highest BCUT2D eigenvalue weighted by atomic mass is 32.2. The van der Waals surface area contributed by atoms with Gasteiger partial charge < -0.3 is 15.4 Å². The molecule has 1 unspecified atom stereocenters. The zero-order valence-corrected chi connectivity index (χ0v) is 16.7. The lowest BCUT2D eigenvalue weighted by Crippen LogP contribution is -2.43. The molecule has 0 amide bonds. The Morgan fingerprint density at radius 3 is 2.65 bits per heavy atom. The first-order valence-electron chi connectivity index (χ1n) is 8.93. The number of hydrogen-bond donors (Lipinski definition) is 2. The van der Waals surface area contributed by atoms with Crippen LogP contribution in [-0.2, 0) is 9.84 Å². The van der Waals surface area contributed by atoms with Crippen LogP contribution in [0.3, 0.4) is 0 Å². The molecule has 0 radical (unpaired) electrons. The first kappa shape index (κ1) is 20.5. The summed E-state index contributed by atoms with van der Waals surface area (Å²) in [5, 5.41) is 6.39. The van der Waals surface area contributed by atoms with Crippen molar-refractivity contribution in [2.75, 3.05) is 52.3 Å². The highest BCUT2D eigenvalue weighted by molar-refractivity contribution is 7.90. The minimum atomic E-state index is -2.99. The molecule has 1 aliphatic rings. The van der Waals surface area contributed by atoms with Gasteiger partial charge in [0.2, 0.25) is 0 Å². The second-order valence-corrected chi connectivity index (χ2v) is 8.81. The maximum absolute atomic E-state index is 11.3. The summed E-state index contributed by atoms with van der Waals surface area (Å²) in [6.45, 7) is 3.17. The van der Waals surface area contributed by atoms with Gasteiger partial charge in [0.15, 0.2) is 5.96 Å². The fraction of sp³-hybridized carbons (Fsp3) is 0.611. The molecule has 1 saturated heterocycles. The Bertz CT molecular complexity index is 700. The van der Waals surface area contributed by atoms with Crippen LogP contribution in [-0.4, -0.2) is 71.6 Å². The van der Waals surface area contributed by atoms with Crippen molar-refractivity contribution in [3.05, 3.63) is 29.8 Å². The van der Waals surface area contributed by atoms with Gasteiger partial charge in [0, 0.05) is 26.4 Å². The number of sulfone groups is 1. The summed E-state index contributed by atoms with van der Waals surface area (Å²) < 4.78 is 27.9. The van der Waals surface area contributed by atoms with Crippen LogP contribution in [0.5, 0.6) is 5.75 Å². The van der Waals surface area contributed by atoms with Gasteiger partial charge in [0.05, 0.1) is 18.9 Å². The van der Waals surface area contributed by atoms with E-state index in [-0.39, 0.29) is 11.8 Å². The Labute approximate surface area is 156 Å². The molecule has 2 N–H and O–H groups in total. The summed E-state index contributed by atoms with van der Waals surface area (Å²) in [5.74, 6) is 1.54. The molecule has 1 aromatic carbocycles. The van der Waals surface area contributed by atoms with Crippen molar-refractivity contribution in [2.24, 2.45) is 4.99 Å². The largest absolute Gasteiger partial charge is 0.497 e. The SMILES string of the molecule is CN=C(NCCS(C)(=O)=O)NCC(c1cccc(OC)c1)N1CCCC1. The van der Waals surface area contributed by atoms with E-state index >= 15 is 0 Å². The van der Waals surface area contributed by atoms with Gasteiger partial charge in [-0.1, -0.05) is 12.1 Å². The summed E-state index contributed by atoms with van der Waals surface area (Å²) in [5.41, 5.74) is 1.20. The van der Waals surface area contributed by atoms with E-state index in [1.54, 1.807) is 14.2 Å². The van der Waals surface area contributed by atoms with E-state index in [1.807, 2.05) is 12.1 Å². The second-order valence-electron chi connectivity index (χ2n) is 6.55. The summed E-state index contributed by atoms with van der Waals surface area (Å²) >= 11 is 0.